The first-order valence-electron chi connectivity index (χ1n) is 6.22. The monoisotopic (exact) mass is 239 g/mol. The third-order valence-corrected chi connectivity index (χ3v) is 3.57. The lowest BCUT2D eigenvalue weighted by Gasteiger charge is -2.39. The van der Waals surface area contributed by atoms with Crippen molar-refractivity contribution in [1.29, 1.82) is 0 Å². The van der Waals surface area contributed by atoms with E-state index in [1.807, 2.05) is 0 Å². The van der Waals surface area contributed by atoms with Gasteiger partial charge in [-0.15, -0.1) is 10.2 Å². The van der Waals surface area contributed by atoms with E-state index in [2.05, 4.69) is 27.7 Å². The highest BCUT2D eigenvalue weighted by molar-refractivity contribution is 4.93. The highest BCUT2D eigenvalue weighted by Crippen LogP contribution is 2.32. The minimum atomic E-state index is -0.156. The Kier molecular flexibility index (Phi) is 3.73. The van der Waals surface area contributed by atoms with Crippen LogP contribution >= 0.6 is 0 Å². The Morgan fingerprint density at radius 2 is 2.41 bits per heavy atom. The summed E-state index contributed by atoms with van der Waals surface area (Å²) in [5, 5.41) is 24.9. The molecule has 1 aliphatic rings. The van der Waals surface area contributed by atoms with E-state index in [0.29, 0.717) is 18.3 Å². The molecular formula is C11H21N5O. The summed E-state index contributed by atoms with van der Waals surface area (Å²) in [5.41, 5.74) is -0.156. The van der Waals surface area contributed by atoms with E-state index in [1.54, 1.807) is 7.05 Å². The smallest absolute Gasteiger partial charge is 0.188 e. The predicted octanol–water partition coefficient (Wildman–Crippen LogP) is 0.241. The summed E-state index contributed by atoms with van der Waals surface area (Å²) in [5.74, 6) is 1.34. The van der Waals surface area contributed by atoms with Crippen LogP contribution < -0.4 is 5.32 Å². The van der Waals surface area contributed by atoms with Crippen molar-refractivity contribution in [1.82, 2.24) is 25.5 Å². The second-order valence-corrected chi connectivity index (χ2v) is 5.19. The lowest BCUT2D eigenvalue weighted by molar-refractivity contribution is 0.0975. The molecule has 96 valence electrons. The number of hydrogen-bond acceptors (Lipinski definition) is 5. The van der Waals surface area contributed by atoms with Crippen molar-refractivity contribution >= 4 is 0 Å². The number of aromatic nitrogens is 4. The summed E-state index contributed by atoms with van der Waals surface area (Å²) in [6.45, 7) is 2.99. The van der Waals surface area contributed by atoms with Crippen molar-refractivity contribution in [3.05, 3.63) is 5.82 Å². The van der Waals surface area contributed by atoms with Crippen molar-refractivity contribution in [3.63, 3.8) is 0 Å². The Balaban J connectivity index is 1.94. The maximum Gasteiger partial charge on any atom is 0.188 e. The van der Waals surface area contributed by atoms with E-state index < -0.39 is 0 Å². The van der Waals surface area contributed by atoms with E-state index in [-0.39, 0.29) is 12.1 Å². The molecule has 0 radical (unpaired) electrons. The molecule has 2 N–H and O–H groups in total. The Morgan fingerprint density at radius 3 is 3.00 bits per heavy atom. The molecule has 2 atom stereocenters. The number of rotatable bonds is 4. The van der Waals surface area contributed by atoms with Gasteiger partial charge in [-0.3, -0.25) is 0 Å². The summed E-state index contributed by atoms with van der Waals surface area (Å²) in [6, 6.07) is 0. The zero-order valence-electron chi connectivity index (χ0n) is 10.6. The van der Waals surface area contributed by atoms with Gasteiger partial charge < -0.3 is 10.4 Å². The van der Waals surface area contributed by atoms with Crippen molar-refractivity contribution in [2.24, 2.45) is 13.0 Å². The average Bonchev–Trinajstić information content (AvgIpc) is 2.73. The molecule has 1 aromatic heterocycles. The second-order valence-electron chi connectivity index (χ2n) is 5.19. The Morgan fingerprint density at radius 1 is 1.59 bits per heavy atom. The van der Waals surface area contributed by atoms with Gasteiger partial charge >= 0.3 is 0 Å². The van der Waals surface area contributed by atoms with Crippen molar-refractivity contribution in [2.75, 3.05) is 6.61 Å². The molecule has 0 spiro atoms. The zero-order chi connectivity index (χ0) is 12.3. The van der Waals surface area contributed by atoms with E-state index in [0.717, 1.165) is 12.8 Å². The third kappa shape index (κ3) is 3.01. The van der Waals surface area contributed by atoms with Crippen LogP contribution in [0.4, 0.5) is 0 Å². The molecule has 1 heterocycles. The van der Waals surface area contributed by atoms with Crippen LogP contribution in [0.1, 0.15) is 38.4 Å². The van der Waals surface area contributed by atoms with Crippen LogP contribution in [0.5, 0.6) is 0 Å². The Labute approximate surface area is 101 Å². The first kappa shape index (κ1) is 12.4. The number of nitrogens with zero attached hydrogens (tertiary/aromatic N) is 4. The highest BCUT2D eigenvalue weighted by atomic mass is 16.3. The highest BCUT2D eigenvalue weighted by Gasteiger charge is 2.34. The first-order chi connectivity index (χ1) is 8.13. The van der Waals surface area contributed by atoms with Gasteiger partial charge in [0, 0.05) is 5.54 Å². The topological polar surface area (TPSA) is 75.9 Å². The first-order valence-corrected chi connectivity index (χ1v) is 6.22. The number of nitrogens with one attached hydrogen (secondary N) is 1. The molecule has 17 heavy (non-hydrogen) atoms. The van der Waals surface area contributed by atoms with Gasteiger partial charge in [-0.25, -0.2) is 0 Å². The maximum atomic E-state index is 9.62. The molecule has 2 rings (SSSR count). The standard InChI is InChI=1S/C11H21N5O/c1-9-4-3-5-11(6-9,8-17)12-7-10-13-15-16(2)14-10/h9,12,17H,3-8H2,1-2H3. The fourth-order valence-electron chi connectivity index (χ4n) is 2.68. The summed E-state index contributed by atoms with van der Waals surface area (Å²) >= 11 is 0. The molecule has 1 fully saturated rings. The number of aryl methyl sites for hydroxylation is 1. The van der Waals surface area contributed by atoms with Crippen LogP contribution in [-0.4, -0.2) is 37.5 Å². The van der Waals surface area contributed by atoms with Gasteiger partial charge in [-0.1, -0.05) is 19.8 Å². The van der Waals surface area contributed by atoms with Gasteiger partial charge in [0.05, 0.1) is 20.2 Å². The summed E-state index contributed by atoms with van der Waals surface area (Å²) in [4.78, 5) is 1.45. The minimum absolute atomic E-state index is 0.156. The zero-order valence-corrected chi connectivity index (χ0v) is 10.6. The van der Waals surface area contributed by atoms with Crippen LogP contribution in [0.3, 0.4) is 0 Å². The molecule has 1 aliphatic carbocycles. The number of tetrazole rings is 1. The molecule has 0 bridgehead atoms. The minimum Gasteiger partial charge on any atom is -0.394 e. The summed E-state index contributed by atoms with van der Waals surface area (Å²) < 4.78 is 0. The number of aliphatic hydroxyl groups excluding tert-OH is 1. The Hall–Kier alpha value is -1.01. The number of aliphatic hydroxyl groups is 1. The van der Waals surface area contributed by atoms with Gasteiger partial charge in [0.1, 0.15) is 0 Å². The van der Waals surface area contributed by atoms with Crippen LogP contribution in [0.2, 0.25) is 0 Å². The largest absolute Gasteiger partial charge is 0.394 e. The van der Waals surface area contributed by atoms with E-state index in [4.69, 9.17) is 0 Å². The van der Waals surface area contributed by atoms with Crippen LogP contribution in [0, 0.1) is 5.92 Å². The maximum absolute atomic E-state index is 9.62. The Bertz CT molecular complexity index is 366. The van der Waals surface area contributed by atoms with Gasteiger partial charge in [-0.05, 0) is 24.0 Å². The molecule has 0 aromatic carbocycles. The van der Waals surface area contributed by atoms with Crippen molar-refractivity contribution < 1.29 is 5.11 Å². The average molecular weight is 239 g/mol. The quantitative estimate of drug-likeness (QED) is 0.787. The molecular weight excluding hydrogens is 218 g/mol. The van der Waals surface area contributed by atoms with Gasteiger partial charge in [0.15, 0.2) is 5.82 Å². The molecule has 0 aliphatic heterocycles. The fourth-order valence-corrected chi connectivity index (χ4v) is 2.68. The van der Waals surface area contributed by atoms with Gasteiger partial charge in [0.25, 0.3) is 0 Å². The third-order valence-electron chi connectivity index (χ3n) is 3.57. The van der Waals surface area contributed by atoms with Crippen LogP contribution in [0.25, 0.3) is 0 Å². The van der Waals surface area contributed by atoms with Crippen LogP contribution in [-0.2, 0) is 13.6 Å². The summed E-state index contributed by atoms with van der Waals surface area (Å²) in [7, 11) is 1.75. The van der Waals surface area contributed by atoms with E-state index in [1.165, 1.54) is 17.6 Å². The molecule has 1 saturated carbocycles. The molecule has 6 heteroatoms. The summed E-state index contributed by atoms with van der Waals surface area (Å²) in [6.07, 6.45) is 4.47. The van der Waals surface area contributed by atoms with Crippen molar-refractivity contribution in [2.45, 2.75) is 44.7 Å². The molecule has 1 aromatic rings. The van der Waals surface area contributed by atoms with Crippen molar-refractivity contribution in [3.8, 4) is 0 Å². The fraction of sp³-hybridized carbons (Fsp3) is 0.909. The number of hydrogen-bond donors (Lipinski definition) is 2. The van der Waals surface area contributed by atoms with E-state index >= 15 is 0 Å². The molecule has 6 nitrogen and oxygen atoms in total. The second kappa shape index (κ2) is 5.10. The van der Waals surface area contributed by atoms with Gasteiger partial charge in [0.2, 0.25) is 0 Å². The normalized spacial score (nSPS) is 29.5. The molecule has 2 unspecified atom stereocenters. The molecule has 0 saturated heterocycles. The molecule has 0 amide bonds. The lowest BCUT2D eigenvalue weighted by atomic mass is 9.77. The predicted molar refractivity (Wildman–Crippen MR) is 63.1 cm³/mol. The van der Waals surface area contributed by atoms with Crippen LogP contribution in [0.15, 0.2) is 0 Å². The van der Waals surface area contributed by atoms with E-state index in [9.17, 15) is 5.11 Å². The SMILES string of the molecule is CC1CCCC(CO)(NCc2nnn(C)n2)C1. The van der Waals surface area contributed by atoms with Gasteiger partial charge in [-0.2, -0.15) is 4.80 Å². The lowest BCUT2D eigenvalue weighted by Crippen LogP contribution is -2.51.